The predicted octanol–water partition coefficient (Wildman–Crippen LogP) is 1.26. The lowest BCUT2D eigenvalue weighted by molar-refractivity contribution is -0.114. The molecule has 0 saturated carbocycles. The fourth-order valence-corrected chi connectivity index (χ4v) is 3.63. The molecule has 0 aliphatic rings. The zero-order chi connectivity index (χ0) is 22.7. The number of Topliss-reactive ketones (excluding diaryl/α,β-unsaturated/α-hetero) is 1. The van der Waals surface area contributed by atoms with Crippen molar-refractivity contribution < 1.29 is 28.9 Å². The largest absolute Gasteiger partial charge is 0.472 e. The maximum Gasteiger partial charge on any atom is 0.289 e. The normalized spacial score (nSPS) is 11.3. The van der Waals surface area contributed by atoms with Gasteiger partial charge in [-0.15, -0.1) is 0 Å². The van der Waals surface area contributed by atoms with Crippen LogP contribution in [0.5, 0.6) is 5.88 Å². The van der Waals surface area contributed by atoms with E-state index in [-0.39, 0.29) is 34.2 Å². The molecule has 0 atom stereocenters. The molecule has 0 fully saturated rings. The van der Waals surface area contributed by atoms with E-state index in [2.05, 4.69) is 9.97 Å². The maximum absolute atomic E-state index is 14.4. The van der Waals surface area contributed by atoms with Crippen molar-refractivity contribution in [3.8, 4) is 5.88 Å². The number of halogens is 1. The van der Waals surface area contributed by atoms with Crippen LogP contribution in [0.15, 0.2) is 29.4 Å². The molecule has 0 aliphatic carbocycles. The first-order chi connectivity index (χ1) is 14.8. The highest BCUT2D eigenvalue weighted by atomic mass is 32.2. The zero-order valence-corrected chi connectivity index (χ0v) is 17.6. The van der Waals surface area contributed by atoms with E-state index < -0.39 is 30.4 Å². The van der Waals surface area contributed by atoms with Crippen molar-refractivity contribution in [1.29, 1.82) is 0 Å². The summed E-state index contributed by atoms with van der Waals surface area (Å²) in [6, 6.07) is 6.17. The van der Waals surface area contributed by atoms with Crippen molar-refractivity contribution in [1.82, 2.24) is 14.5 Å². The number of nitrogens with zero attached hydrogens (tertiary/aromatic N) is 3. The molecule has 3 rings (SSSR count). The molecule has 31 heavy (non-hydrogen) atoms. The number of amides is 1. The van der Waals surface area contributed by atoms with Crippen LogP contribution >= 0.6 is 11.8 Å². The Balaban J connectivity index is 2.36. The third-order valence-corrected chi connectivity index (χ3v) is 5.13. The molecule has 1 aromatic carbocycles. The number of fused-ring (bicyclic) bond motifs is 1. The van der Waals surface area contributed by atoms with Gasteiger partial charge >= 0.3 is 0 Å². The first-order valence-electron chi connectivity index (χ1n) is 9.32. The summed E-state index contributed by atoms with van der Waals surface area (Å²) in [6.07, 6.45) is 0.242. The van der Waals surface area contributed by atoms with Gasteiger partial charge in [0, 0.05) is 11.3 Å². The number of aliphatic hydroxyl groups excluding tert-OH is 1. The molecule has 0 saturated heterocycles. The van der Waals surface area contributed by atoms with Crippen molar-refractivity contribution in [3.63, 3.8) is 0 Å². The third-order valence-electron chi connectivity index (χ3n) is 4.58. The highest BCUT2D eigenvalue weighted by Crippen LogP contribution is 2.35. The van der Waals surface area contributed by atoms with Crippen LogP contribution in [0.4, 0.5) is 4.39 Å². The molecule has 0 unspecified atom stereocenters. The molecule has 0 bridgehead atoms. The van der Waals surface area contributed by atoms with Crippen LogP contribution in [-0.2, 0) is 17.8 Å². The van der Waals surface area contributed by atoms with Gasteiger partial charge in [-0.1, -0.05) is 36.9 Å². The number of thioether (sulfide) groups is 1. The Morgan fingerprint density at radius 2 is 2.00 bits per heavy atom. The molecular weight excluding hydrogens is 427 g/mol. The van der Waals surface area contributed by atoms with Gasteiger partial charge in [0.25, 0.3) is 11.7 Å². The molecule has 11 heteroatoms. The number of aliphatic hydroxyl groups is 2. The van der Waals surface area contributed by atoms with Crippen molar-refractivity contribution >= 4 is 34.5 Å². The summed E-state index contributed by atoms with van der Waals surface area (Å²) in [5.74, 6) is -2.69. The second-order valence-corrected chi connectivity index (χ2v) is 7.33. The quantitative estimate of drug-likeness (QED) is 0.146. The topological polar surface area (TPSA) is 141 Å². The molecule has 0 aliphatic heterocycles. The Morgan fingerprint density at radius 1 is 1.29 bits per heavy atom. The van der Waals surface area contributed by atoms with E-state index in [0.29, 0.717) is 17.7 Å². The molecule has 4 N–H and O–H groups in total. The first kappa shape index (κ1) is 22.7. The Morgan fingerprint density at radius 3 is 2.58 bits per heavy atom. The Hall–Kier alpha value is -3.02. The van der Waals surface area contributed by atoms with E-state index in [1.54, 1.807) is 35.9 Å². The highest BCUT2D eigenvalue weighted by molar-refractivity contribution is 7.98. The van der Waals surface area contributed by atoms with Gasteiger partial charge in [-0.3, -0.25) is 9.59 Å². The van der Waals surface area contributed by atoms with E-state index >= 15 is 0 Å². The van der Waals surface area contributed by atoms with Crippen LogP contribution in [0.2, 0.25) is 0 Å². The van der Waals surface area contributed by atoms with Crippen LogP contribution in [0.1, 0.15) is 28.5 Å². The number of benzene rings is 1. The summed E-state index contributed by atoms with van der Waals surface area (Å²) in [6.45, 7) is 1.28. The summed E-state index contributed by atoms with van der Waals surface area (Å²) in [7, 11) is 0. The van der Waals surface area contributed by atoms with Crippen molar-refractivity contribution in [3.05, 3.63) is 46.9 Å². The number of nitrogens with two attached hydrogens (primary N) is 1. The zero-order valence-electron chi connectivity index (χ0n) is 16.8. The van der Waals surface area contributed by atoms with Gasteiger partial charge in [-0.2, -0.15) is 4.98 Å². The Bertz CT molecular complexity index is 1150. The summed E-state index contributed by atoms with van der Waals surface area (Å²) in [4.78, 5) is 33.2. The highest BCUT2D eigenvalue weighted by Gasteiger charge is 2.30. The smallest absolute Gasteiger partial charge is 0.289 e. The monoisotopic (exact) mass is 448 g/mol. The van der Waals surface area contributed by atoms with Gasteiger partial charge in [0.15, 0.2) is 11.4 Å². The number of primary amides is 1. The fraction of sp³-hybridized carbons (Fsp3) is 0.300. The van der Waals surface area contributed by atoms with E-state index in [4.69, 9.17) is 10.5 Å². The Kier molecular flexibility index (Phi) is 6.88. The van der Waals surface area contributed by atoms with Gasteiger partial charge < -0.3 is 25.3 Å². The number of carbonyl (C=O) groups is 2. The van der Waals surface area contributed by atoms with Crippen molar-refractivity contribution in [2.75, 3.05) is 12.9 Å². The van der Waals surface area contributed by atoms with Crippen LogP contribution in [0.25, 0.3) is 11.0 Å². The predicted molar refractivity (Wildman–Crippen MR) is 111 cm³/mol. The number of ketones is 1. The summed E-state index contributed by atoms with van der Waals surface area (Å²) in [5.41, 5.74) is 6.23. The number of ether oxygens (including phenoxy) is 1. The molecule has 0 radical (unpaired) electrons. The molecule has 0 spiro atoms. The standard InChI is InChI=1S/C20H21FN4O5S/c1-3-12-14(16(28)17(22)29)15-18(25(12)8-10-6-4-5-7-11(10)21)23-20(31-2)24-19(15)30-9-13(26)27/h4-7,13,26-27H,3,8-9H2,1-2H3,(H2,22,29). The van der Waals surface area contributed by atoms with Gasteiger partial charge in [-0.05, 0) is 18.7 Å². The van der Waals surface area contributed by atoms with E-state index in [1.807, 2.05) is 0 Å². The molecular formula is C20H21FN4O5S. The van der Waals surface area contributed by atoms with Crippen LogP contribution in [0.3, 0.4) is 0 Å². The summed E-state index contributed by atoms with van der Waals surface area (Å²) < 4.78 is 21.4. The second kappa shape index (κ2) is 9.41. The molecule has 164 valence electrons. The maximum atomic E-state index is 14.4. The van der Waals surface area contributed by atoms with E-state index in [1.165, 1.54) is 17.8 Å². The van der Waals surface area contributed by atoms with Gasteiger partial charge in [0.1, 0.15) is 18.1 Å². The van der Waals surface area contributed by atoms with Crippen molar-refractivity contribution in [2.45, 2.75) is 31.3 Å². The molecule has 3 aromatic rings. The molecule has 2 heterocycles. The summed E-state index contributed by atoms with van der Waals surface area (Å²) >= 11 is 1.20. The lowest BCUT2D eigenvalue weighted by atomic mass is 10.1. The van der Waals surface area contributed by atoms with Crippen LogP contribution in [0, 0.1) is 5.82 Å². The van der Waals surface area contributed by atoms with Gasteiger partial charge in [-0.25, -0.2) is 9.37 Å². The number of aromatic nitrogens is 3. The SMILES string of the molecule is CCc1c(C(=O)C(N)=O)c2c(OCC(O)O)nc(SC)nc2n1Cc1ccccc1F. The second-order valence-electron chi connectivity index (χ2n) is 6.55. The molecule has 2 aromatic heterocycles. The number of hydrogen-bond donors (Lipinski definition) is 3. The average Bonchev–Trinajstić information content (AvgIpc) is 3.05. The number of rotatable bonds is 9. The van der Waals surface area contributed by atoms with Gasteiger partial charge in [0.2, 0.25) is 5.88 Å². The summed E-state index contributed by atoms with van der Waals surface area (Å²) in [5, 5.41) is 18.8. The molecule has 1 amide bonds. The van der Waals surface area contributed by atoms with E-state index in [0.717, 1.165) is 0 Å². The third kappa shape index (κ3) is 4.53. The first-order valence-corrected chi connectivity index (χ1v) is 10.5. The lowest BCUT2D eigenvalue weighted by Gasteiger charge is -2.11. The Labute approximate surface area is 181 Å². The van der Waals surface area contributed by atoms with E-state index in [9.17, 15) is 24.2 Å². The minimum Gasteiger partial charge on any atom is -0.472 e. The number of carbonyl (C=O) groups excluding carboxylic acids is 2. The fourth-order valence-electron chi connectivity index (χ4n) is 3.28. The van der Waals surface area contributed by atoms with Crippen LogP contribution < -0.4 is 10.5 Å². The number of hydrogen-bond acceptors (Lipinski definition) is 8. The molecule has 9 nitrogen and oxygen atoms in total. The average molecular weight is 448 g/mol. The van der Waals surface area contributed by atoms with Gasteiger partial charge in [0.05, 0.1) is 17.5 Å². The lowest BCUT2D eigenvalue weighted by Crippen LogP contribution is -2.24. The van der Waals surface area contributed by atoms with Crippen LogP contribution in [-0.4, -0.2) is 55.6 Å². The minimum atomic E-state index is -1.79. The van der Waals surface area contributed by atoms with Crippen molar-refractivity contribution in [2.24, 2.45) is 5.73 Å². The minimum absolute atomic E-state index is 0.0330.